The molecule has 0 atom stereocenters. The first kappa shape index (κ1) is 20.0. The normalized spacial score (nSPS) is 16.3. The minimum atomic E-state index is -3.64. The van der Waals surface area contributed by atoms with E-state index in [2.05, 4.69) is 17.1 Å². The molecule has 1 aliphatic heterocycles. The van der Waals surface area contributed by atoms with Crippen LogP contribution in [0.5, 0.6) is 0 Å². The van der Waals surface area contributed by atoms with Gasteiger partial charge in [0.1, 0.15) is 5.58 Å². The lowest BCUT2D eigenvalue weighted by Gasteiger charge is -2.31. The molecule has 5 rings (SSSR count). The second-order valence-corrected chi connectivity index (χ2v) is 10.1. The van der Waals surface area contributed by atoms with Crippen molar-refractivity contribution in [3.05, 3.63) is 70.8 Å². The summed E-state index contributed by atoms with van der Waals surface area (Å²) >= 11 is 0. The molecule has 0 saturated carbocycles. The van der Waals surface area contributed by atoms with Gasteiger partial charge in [0, 0.05) is 25.5 Å². The van der Waals surface area contributed by atoms with Gasteiger partial charge in [-0.3, -0.25) is 0 Å². The van der Waals surface area contributed by atoms with Crippen molar-refractivity contribution in [2.75, 3.05) is 13.1 Å². The highest BCUT2D eigenvalue weighted by Gasteiger charge is 2.30. The molecule has 4 aromatic rings. The summed E-state index contributed by atoms with van der Waals surface area (Å²) < 4.78 is 35.3. The Hall–Kier alpha value is -2.97. The highest BCUT2D eigenvalue weighted by molar-refractivity contribution is 7.89. The highest BCUT2D eigenvalue weighted by Crippen LogP contribution is 2.29. The SMILES string of the molecule is Cn1cnc2c(=O)oc3ccc(S(=O)(=O)N4CCC(Cc5ccccc5)CC4)cc3c21. The molecular weight excluding hydrogens is 414 g/mol. The third-order valence-electron chi connectivity index (χ3n) is 6.12. The number of sulfonamides is 1. The highest BCUT2D eigenvalue weighted by atomic mass is 32.2. The van der Waals surface area contributed by atoms with Crippen molar-refractivity contribution in [1.29, 1.82) is 0 Å². The molecule has 1 fully saturated rings. The van der Waals surface area contributed by atoms with Crippen LogP contribution in [0.4, 0.5) is 0 Å². The molecule has 0 spiro atoms. The van der Waals surface area contributed by atoms with Gasteiger partial charge in [-0.25, -0.2) is 18.2 Å². The lowest BCUT2D eigenvalue weighted by atomic mass is 9.91. The third-order valence-corrected chi connectivity index (χ3v) is 8.01. The molecule has 0 radical (unpaired) electrons. The summed E-state index contributed by atoms with van der Waals surface area (Å²) in [4.78, 5) is 16.4. The van der Waals surface area contributed by atoms with Crippen LogP contribution in [0.2, 0.25) is 0 Å². The molecule has 0 amide bonds. The molecule has 0 unspecified atom stereocenters. The third kappa shape index (κ3) is 3.55. The first-order valence-electron chi connectivity index (χ1n) is 10.4. The molecule has 0 aliphatic carbocycles. The second-order valence-electron chi connectivity index (χ2n) is 8.14. The van der Waals surface area contributed by atoms with Crippen LogP contribution < -0.4 is 5.63 Å². The molecule has 2 aromatic carbocycles. The predicted molar refractivity (Wildman–Crippen MR) is 118 cm³/mol. The number of hydrogen-bond donors (Lipinski definition) is 0. The number of piperidine rings is 1. The van der Waals surface area contributed by atoms with Gasteiger partial charge in [0.2, 0.25) is 10.0 Å². The zero-order valence-electron chi connectivity index (χ0n) is 17.2. The van der Waals surface area contributed by atoms with Gasteiger partial charge < -0.3 is 8.98 Å². The van der Waals surface area contributed by atoms with E-state index in [1.807, 2.05) is 18.2 Å². The Morgan fingerprint density at radius 3 is 2.58 bits per heavy atom. The lowest BCUT2D eigenvalue weighted by Crippen LogP contribution is -2.38. The first-order chi connectivity index (χ1) is 14.9. The number of aromatic nitrogens is 2. The minimum Gasteiger partial charge on any atom is -0.421 e. The number of hydrogen-bond acceptors (Lipinski definition) is 5. The van der Waals surface area contributed by atoms with Gasteiger partial charge in [-0.1, -0.05) is 30.3 Å². The van der Waals surface area contributed by atoms with Crippen LogP contribution >= 0.6 is 0 Å². The molecule has 1 saturated heterocycles. The first-order valence-corrected chi connectivity index (χ1v) is 11.8. The van der Waals surface area contributed by atoms with E-state index >= 15 is 0 Å². The molecule has 7 nitrogen and oxygen atoms in total. The van der Waals surface area contributed by atoms with E-state index in [0.29, 0.717) is 35.5 Å². The van der Waals surface area contributed by atoms with Gasteiger partial charge in [0.25, 0.3) is 0 Å². The van der Waals surface area contributed by atoms with E-state index in [0.717, 1.165) is 19.3 Å². The fourth-order valence-electron chi connectivity index (χ4n) is 4.44. The average molecular weight is 438 g/mol. The summed E-state index contributed by atoms with van der Waals surface area (Å²) in [5.74, 6) is 0.480. The van der Waals surface area contributed by atoms with Gasteiger partial charge >= 0.3 is 5.63 Å². The van der Waals surface area contributed by atoms with Crippen molar-refractivity contribution in [3.63, 3.8) is 0 Å². The van der Waals surface area contributed by atoms with Crippen LogP contribution in [0.1, 0.15) is 18.4 Å². The maximum Gasteiger partial charge on any atom is 0.364 e. The van der Waals surface area contributed by atoms with Crippen molar-refractivity contribution in [2.45, 2.75) is 24.2 Å². The maximum absolute atomic E-state index is 13.3. The number of rotatable bonds is 4. The number of aryl methyl sites for hydroxylation is 1. The van der Waals surface area contributed by atoms with Crippen LogP contribution in [-0.4, -0.2) is 35.4 Å². The van der Waals surface area contributed by atoms with Gasteiger partial charge in [-0.05, 0) is 48.9 Å². The number of benzene rings is 2. The van der Waals surface area contributed by atoms with Crippen LogP contribution in [0.15, 0.2) is 69.0 Å². The average Bonchev–Trinajstić information content (AvgIpc) is 3.17. The maximum atomic E-state index is 13.3. The molecule has 31 heavy (non-hydrogen) atoms. The van der Waals surface area contributed by atoms with E-state index in [9.17, 15) is 13.2 Å². The van der Waals surface area contributed by atoms with E-state index in [-0.39, 0.29) is 10.4 Å². The number of fused-ring (bicyclic) bond motifs is 3. The molecular formula is C23H23N3O4S. The second kappa shape index (κ2) is 7.62. The molecule has 2 aromatic heterocycles. The topological polar surface area (TPSA) is 85.4 Å². The zero-order valence-corrected chi connectivity index (χ0v) is 18.0. The fraction of sp³-hybridized carbons (Fsp3) is 0.304. The summed E-state index contributed by atoms with van der Waals surface area (Å²) in [5.41, 5.74) is 1.89. The van der Waals surface area contributed by atoms with E-state index in [1.54, 1.807) is 28.1 Å². The summed E-state index contributed by atoms with van der Waals surface area (Å²) in [5, 5.41) is 0.564. The zero-order chi connectivity index (χ0) is 21.6. The van der Waals surface area contributed by atoms with E-state index in [1.165, 1.54) is 18.0 Å². The van der Waals surface area contributed by atoms with Gasteiger partial charge in [-0.15, -0.1) is 0 Å². The lowest BCUT2D eigenvalue weighted by molar-refractivity contribution is 0.273. The Morgan fingerprint density at radius 1 is 1.10 bits per heavy atom. The predicted octanol–water partition coefficient (Wildman–Crippen LogP) is 3.32. The van der Waals surface area contributed by atoms with Crippen molar-refractivity contribution in [3.8, 4) is 0 Å². The summed E-state index contributed by atoms with van der Waals surface area (Å²) in [7, 11) is -1.87. The Morgan fingerprint density at radius 2 is 1.84 bits per heavy atom. The Labute approximate surface area is 180 Å². The Bertz CT molecular complexity index is 1420. The van der Waals surface area contributed by atoms with Crippen LogP contribution in [0.3, 0.4) is 0 Å². The number of imidazole rings is 1. The fourth-order valence-corrected chi connectivity index (χ4v) is 5.94. The quantitative estimate of drug-likeness (QED) is 0.457. The largest absolute Gasteiger partial charge is 0.421 e. The molecule has 8 heteroatoms. The van der Waals surface area contributed by atoms with Crippen LogP contribution in [0, 0.1) is 5.92 Å². The van der Waals surface area contributed by atoms with Gasteiger partial charge in [-0.2, -0.15) is 4.31 Å². The monoisotopic (exact) mass is 437 g/mol. The van der Waals surface area contributed by atoms with E-state index in [4.69, 9.17) is 4.42 Å². The van der Waals surface area contributed by atoms with Crippen molar-refractivity contribution in [2.24, 2.45) is 13.0 Å². The molecule has 1 aliphatic rings. The molecule has 0 bridgehead atoms. The van der Waals surface area contributed by atoms with Crippen molar-refractivity contribution in [1.82, 2.24) is 13.9 Å². The minimum absolute atomic E-state index is 0.200. The Kier molecular flexibility index (Phi) is 4.91. The smallest absolute Gasteiger partial charge is 0.364 e. The van der Waals surface area contributed by atoms with E-state index < -0.39 is 15.6 Å². The molecule has 3 heterocycles. The standard InChI is InChI=1S/C23H23N3O4S/c1-25-15-24-21-22(25)19-14-18(7-8-20(19)30-23(21)27)31(28,29)26-11-9-17(10-12-26)13-16-5-3-2-4-6-16/h2-8,14-15,17H,9-13H2,1H3. The summed E-state index contributed by atoms with van der Waals surface area (Å²) in [6.07, 6.45) is 4.17. The summed E-state index contributed by atoms with van der Waals surface area (Å²) in [6, 6.07) is 15.0. The van der Waals surface area contributed by atoms with Crippen LogP contribution in [-0.2, 0) is 23.5 Å². The number of nitrogens with zero attached hydrogens (tertiary/aromatic N) is 3. The van der Waals surface area contributed by atoms with Gasteiger partial charge in [0.15, 0.2) is 5.52 Å². The van der Waals surface area contributed by atoms with Crippen molar-refractivity contribution >= 4 is 32.0 Å². The molecule has 160 valence electrons. The Balaban J connectivity index is 1.42. The molecule has 0 N–H and O–H groups in total. The summed E-state index contributed by atoms with van der Waals surface area (Å²) in [6.45, 7) is 1.01. The van der Waals surface area contributed by atoms with Crippen LogP contribution in [0.25, 0.3) is 22.0 Å². The van der Waals surface area contributed by atoms with Crippen molar-refractivity contribution < 1.29 is 12.8 Å². The van der Waals surface area contributed by atoms with Gasteiger partial charge in [0.05, 0.1) is 16.7 Å².